The molecular formula is C14H24F3N2O4S+. The highest BCUT2D eigenvalue weighted by Gasteiger charge is 2.64. The Kier molecular flexibility index (Phi) is 5.35. The molecule has 2 aliphatic rings. The Hall–Kier alpha value is -0.710. The lowest BCUT2D eigenvalue weighted by Crippen LogP contribution is -2.68. The maximum atomic E-state index is 12.8. The SMILES string of the molecule is CC(C)(C)[N+]1(C(=O)O)[C@@H](CN2CCC(C(F)(F)F)CC2)COS1=O. The van der Waals surface area contributed by atoms with Crippen molar-refractivity contribution >= 4 is 17.4 Å². The molecule has 140 valence electrons. The van der Waals surface area contributed by atoms with E-state index in [1.165, 1.54) is 0 Å². The number of halogens is 3. The molecule has 0 radical (unpaired) electrons. The fourth-order valence-electron chi connectivity index (χ4n) is 3.63. The van der Waals surface area contributed by atoms with E-state index in [1.54, 1.807) is 20.8 Å². The van der Waals surface area contributed by atoms with Crippen LogP contribution in [0.5, 0.6) is 0 Å². The van der Waals surface area contributed by atoms with Crippen LogP contribution in [0.2, 0.25) is 0 Å². The number of carbonyl (C=O) groups is 1. The van der Waals surface area contributed by atoms with E-state index >= 15 is 0 Å². The number of quaternary nitrogens is 1. The van der Waals surface area contributed by atoms with Gasteiger partial charge in [-0.05, 0) is 46.7 Å². The fourth-order valence-corrected chi connectivity index (χ4v) is 5.02. The number of piperidine rings is 1. The van der Waals surface area contributed by atoms with Crippen molar-refractivity contribution in [3.05, 3.63) is 0 Å². The molecule has 2 unspecified atom stereocenters. The second-order valence-electron chi connectivity index (χ2n) is 7.38. The summed E-state index contributed by atoms with van der Waals surface area (Å²) in [5.41, 5.74) is -0.873. The number of hydrogen-bond donors (Lipinski definition) is 1. The van der Waals surface area contributed by atoms with Crippen molar-refractivity contribution in [2.75, 3.05) is 26.2 Å². The predicted molar refractivity (Wildman–Crippen MR) is 81.1 cm³/mol. The van der Waals surface area contributed by atoms with Crippen LogP contribution >= 0.6 is 0 Å². The summed E-state index contributed by atoms with van der Waals surface area (Å²) in [6, 6.07) is -0.592. The van der Waals surface area contributed by atoms with Gasteiger partial charge >= 0.3 is 23.5 Å². The Morgan fingerprint density at radius 3 is 2.25 bits per heavy atom. The number of amides is 1. The van der Waals surface area contributed by atoms with Crippen LogP contribution in [0.1, 0.15) is 33.6 Å². The number of alkyl halides is 3. The second kappa shape index (κ2) is 6.54. The molecule has 2 rings (SSSR count). The molecule has 2 fully saturated rings. The molecule has 0 aliphatic carbocycles. The zero-order valence-corrected chi connectivity index (χ0v) is 14.8. The fraction of sp³-hybridized carbons (Fsp3) is 0.929. The van der Waals surface area contributed by atoms with Crippen LogP contribution in [0.25, 0.3) is 0 Å². The van der Waals surface area contributed by atoms with Gasteiger partial charge in [-0.3, -0.25) is 4.90 Å². The van der Waals surface area contributed by atoms with Crippen LogP contribution in [0.15, 0.2) is 0 Å². The van der Waals surface area contributed by atoms with Crippen molar-refractivity contribution < 1.29 is 35.4 Å². The molecule has 6 nitrogen and oxygen atoms in total. The van der Waals surface area contributed by atoms with Crippen LogP contribution in [-0.2, 0) is 15.4 Å². The summed E-state index contributed by atoms with van der Waals surface area (Å²) in [6.07, 6.45) is -5.42. The van der Waals surface area contributed by atoms with E-state index in [-0.39, 0.29) is 39.1 Å². The summed E-state index contributed by atoms with van der Waals surface area (Å²) in [6.45, 7) is 5.78. The van der Waals surface area contributed by atoms with Gasteiger partial charge in [0, 0.05) is 0 Å². The smallest absolute Gasteiger partial charge is 0.435 e. The van der Waals surface area contributed by atoms with Gasteiger partial charge in [0.1, 0.15) is 12.1 Å². The average molecular weight is 373 g/mol. The first kappa shape index (κ1) is 19.6. The van der Waals surface area contributed by atoms with E-state index in [2.05, 4.69) is 0 Å². The topological polar surface area (TPSA) is 66.8 Å². The third kappa shape index (κ3) is 3.33. The molecule has 0 aromatic rings. The standard InChI is InChI=1S/C14H23F3N2O4S/c1-13(2,3)19(12(20)21)11(9-23-24(19)22)8-18-6-4-10(5-7-18)14(15,16)17/h10-11H,4-9H2,1-3H3/p+1/t11-,19?,24?/m0/s1. The van der Waals surface area contributed by atoms with E-state index in [4.69, 9.17) is 4.18 Å². The number of likely N-dealkylation sites (tertiary alicyclic amines) is 1. The van der Waals surface area contributed by atoms with Crippen molar-refractivity contribution in [3.63, 3.8) is 0 Å². The zero-order valence-electron chi connectivity index (χ0n) is 14.0. The quantitative estimate of drug-likeness (QED) is 0.754. The number of carboxylic acid groups (broad SMARTS) is 1. The van der Waals surface area contributed by atoms with Gasteiger partial charge in [0.15, 0.2) is 6.04 Å². The summed E-state index contributed by atoms with van der Waals surface area (Å²) in [4.78, 5) is 13.8. The first-order chi connectivity index (χ1) is 10.9. The lowest BCUT2D eigenvalue weighted by atomic mass is 9.95. The van der Waals surface area contributed by atoms with Gasteiger partial charge < -0.3 is 5.11 Å². The summed E-state index contributed by atoms with van der Waals surface area (Å²) < 4.78 is 55.0. The molecule has 0 saturated carbocycles. The molecule has 2 saturated heterocycles. The molecule has 24 heavy (non-hydrogen) atoms. The molecule has 0 aromatic heterocycles. The lowest BCUT2D eigenvalue weighted by molar-refractivity contribution is -0.799. The van der Waals surface area contributed by atoms with Gasteiger partial charge in [0.05, 0.1) is 12.5 Å². The first-order valence-electron chi connectivity index (χ1n) is 7.88. The van der Waals surface area contributed by atoms with Crippen molar-refractivity contribution in [3.8, 4) is 0 Å². The second-order valence-corrected chi connectivity index (χ2v) is 8.63. The molecule has 1 amide bonds. The molecule has 3 atom stereocenters. The van der Waals surface area contributed by atoms with Gasteiger partial charge in [-0.1, -0.05) is 0 Å². The molecular weight excluding hydrogens is 349 g/mol. The third-order valence-electron chi connectivity index (χ3n) is 4.91. The Morgan fingerprint density at radius 1 is 1.29 bits per heavy atom. The minimum absolute atomic E-state index is 0.00273. The Balaban J connectivity index is 2.12. The minimum atomic E-state index is -4.18. The number of hydrogen-bond acceptors (Lipinski definition) is 4. The lowest BCUT2D eigenvalue weighted by Gasteiger charge is -2.42. The maximum absolute atomic E-state index is 12.8. The first-order valence-corrected chi connectivity index (χ1v) is 8.91. The van der Waals surface area contributed by atoms with Gasteiger partial charge in [0.25, 0.3) is 0 Å². The van der Waals surface area contributed by atoms with E-state index in [0.717, 1.165) is 0 Å². The normalized spacial score (nSPS) is 33.8. The Bertz CT molecular complexity index is 515. The average Bonchev–Trinajstić information content (AvgIpc) is 2.75. The highest BCUT2D eigenvalue weighted by Crippen LogP contribution is 2.39. The van der Waals surface area contributed by atoms with Crippen LogP contribution in [-0.4, -0.2) is 68.2 Å². The van der Waals surface area contributed by atoms with E-state index in [0.29, 0.717) is 0 Å². The van der Waals surface area contributed by atoms with Crippen molar-refractivity contribution in [2.45, 2.75) is 51.4 Å². The summed E-state index contributed by atoms with van der Waals surface area (Å²) in [7, 11) is 0. The van der Waals surface area contributed by atoms with Crippen LogP contribution in [0, 0.1) is 5.92 Å². The molecule has 0 spiro atoms. The summed E-state index contributed by atoms with van der Waals surface area (Å²) >= 11 is -2.04. The highest BCUT2D eigenvalue weighted by molar-refractivity contribution is 7.74. The van der Waals surface area contributed by atoms with E-state index in [9.17, 15) is 27.3 Å². The van der Waals surface area contributed by atoms with Crippen molar-refractivity contribution in [1.82, 2.24) is 4.90 Å². The highest BCUT2D eigenvalue weighted by atomic mass is 32.2. The van der Waals surface area contributed by atoms with Crippen molar-refractivity contribution in [2.24, 2.45) is 5.92 Å². The summed E-state index contributed by atoms with van der Waals surface area (Å²) in [5, 5.41) is 9.75. The van der Waals surface area contributed by atoms with Gasteiger partial charge in [-0.15, -0.1) is 3.89 Å². The molecule has 1 N–H and O–H groups in total. The number of nitrogens with zero attached hydrogens (tertiary/aromatic N) is 2. The van der Waals surface area contributed by atoms with Gasteiger partial charge in [-0.25, -0.2) is 4.18 Å². The van der Waals surface area contributed by atoms with E-state index in [1.807, 2.05) is 4.90 Å². The summed E-state index contributed by atoms with van der Waals surface area (Å²) in [5.74, 6) is -1.30. The van der Waals surface area contributed by atoms with Gasteiger partial charge in [-0.2, -0.15) is 22.2 Å². The van der Waals surface area contributed by atoms with E-state index < -0.39 is 44.9 Å². The molecule has 0 aromatic carbocycles. The molecule has 10 heteroatoms. The zero-order chi connectivity index (χ0) is 18.3. The van der Waals surface area contributed by atoms with Crippen LogP contribution in [0.3, 0.4) is 0 Å². The largest absolute Gasteiger partial charge is 0.530 e. The third-order valence-corrected chi connectivity index (χ3v) is 6.72. The van der Waals surface area contributed by atoms with Gasteiger partial charge in [0.2, 0.25) is 0 Å². The Labute approximate surface area is 141 Å². The minimum Gasteiger partial charge on any atom is -0.435 e. The monoisotopic (exact) mass is 373 g/mol. The predicted octanol–water partition coefficient (Wildman–Crippen LogP) is 2.53. The van der Waals surface area contributed by atoms with Crippen LogP contribution in [0.4, 0.5) is 18.0 Å². The molecule has 2 heterocycles. The van der Waals surface area contributed by atoms with Crippen LogP contribution < -0.4 is 0 Å². The number of rotatable bonds is 2. The Morgan fingerprint density at radius 2 is 1.83 bits per heavy atom. The molecule has 0 bridgehead atoms. The maximum Gasteiger partial charge on any atom is 0.530 e. The molecule has 2 aliphatic heterocycles. The van der Waals surface area contributed by atoms with Crippen molar-refractivity contribution in [1.29, 1.82) is 0 Å².